The van der Waals surface area contributed by atoms with Crippen molar-refractivity contribution in [3.8, 4) is 0 Å². The minimum absolute atomic E-state index is 0.199. The quantitative estimate of drug-likeness (QED) is 0.782. The van der Waals surface area contributed by atoms with Crippen LogP contribution in [0.25, 0.3) is 10.9 Å². The van der Waals surface area contributed by atoms with Gasteiger partial charge in [0.05, 0.1) is 4.90 Å². The smallest absolute Gasteiger partial charge is 0.248 e. The molecule has 0 bridgehead atoms. The zero-order valence-electron chi connectivity index (χ0n) is 8.02. The number of pyridine rings is 1. The van der Waals surface area contributed by atoms with E-state index in [1.165, 1.54) is 12.1 Å². The largest absolute Gasteiger partial charge is 0.322 e. The van der Waals surface area contributed by atoms with E-state index >= 15 is 0 Å². The average Bonchev–Trinajstić information content (AvgIpc) is 2.15. The van der Waals surface area contributed by atoms with Crippen LogP contribution in [0.15, 0.2) is 40.0 Å². The second kappa shape index (κ2) is 3.20. The van der Waals surface area contributed by atoms with Crippen molar-refractivity contribution in [2.45, 2.75) is 4.90 Å². The van der Waals surface area contributed by atoms with Crippen LogP contribution in [0.5, 0.6) is 0 Å². The number of aromatic amines is 1. The molecule has 1 aromatic heterocycles. The zero-order valence-corrected chi connectivity index (χ0v) is 8.84. The zero-order chi connectivity index (χ0) is 11.1. The van der Waals surface area contributed by atoms with E-state index in [0.717, 1.165) is 6.26 Å². The molecule has 0 fully saturated rings. The number of hydrogen-bond acceptors (Lipinski definition) is 3. The summed E-state index contributed by atoms with van der Waals surface area (Å²) in [5, 5.41) is 0.706. The van der Waals surface area contributed by atoms with Gasteiger partial charge < -0.3 is 4.98 Å². The number of fused-ring (bicyclic) bond motifs is 1. The van der Waals surface area contributed by atoms with Crippen molar-refractivity contribution in [1.29, 1.82) is 0 Å². The molecule has 1 heterocycles. The van der Waals surface area contributed by atoms with Gasteiger partial charge in [0, 0.05) is 17.8 Å². The maximum absolute atomic E-state index is 11.3. The highest BCUT2D eigenvalue weighted by atomic mass is 32.2. The van der Waals surface area contributed by atoms with Gasteiger partial charge in [-0.25, -0.2) is 8.42 Å². The second-order valence-corrected chi connectivity index (χ2v) is 5.36. The Kier molecular flexibility index (Phi) is 2.12. The van der Waals surface area contributed by atoms with Gasteiger partial charge in [0.2, 0.25) is 5.56 Å². The van der Waals surface area contributed by atoms with Crippen molar-refractivity contribution in [1.82, 2.24) is 4.98 Å². The highest BCUT2D eigenvalue weighted by Gasteiger charge is 2.07. The highest BCUT2D eigenvalue weighted by molar-refractivity contribution is 7.90. The molecule has 0 unspecified atom stereocenters. The molecule has 0 spiro atoms. The number of nitrogens with one attached hydrogen (secondary N) is 1. The molecule has 2 rings (SSSR count). The van der Waals surface area contributed by atoms with Crippen LogP contribution in [0, 0.1) is 0 Å². The molecule has 1 aromatic carbocycles. The molecule has 15 heavy (non-hydrogen) atoms. The Hall–Kier alpha value is -1.62. The third-order valence-corrected chi connectivity index (χ3v) is 3.23. The Morgan fingerprint density at radius 1 is 1.13 bits per heavy atom. The fourth-order valence-electron chi connectivity index (χ4n) is 1.36. The first-order chi connectivity index (χ1) is 6.97. The van der Waals surface area contributed by atoms with Gasteiger partial charge in [-0.1, -0.05) is 0 Å². The lowest BCUT2D eigenvalue weighted by molar-refractivity contribution is 0.602. The minimum Gasteiger partial charge on any atom is -0.322 e. The van der Waals surface area contributed by atoms with Crippen LogP contribution >= 0.6 is 0 Å². The molecule has 5 heteroatoms. The molecular weight excluding hydrogens is 214 g/mol. The van der Waals surface area contributed by atoms with Crippen LogP contribution in [0.2, 0.25) is 0 Å². The van der Waals surface area contributed by atoms with Gasteiger partial charge in [-0.3, -0.25) is 4.79 Å². The normalized spacial score (nSPS) is 11.8. The molecule has 0 saturated heterocycles. The second-order valence-electron chi connectivity index (χ2n) is 3.34. The molecule has 0 atom stereocenters. The van der Waals surface area contributed by atoms with Gasteiger partial charge >= 0.3 is 0 Å². The Morgan fingerprint density at radius 3 is 2.53 bits per heavy atom. The van der Waals surface area contributed by atoms with Gasteiger partial charge in [0.25, 0.3) is 0 Å². The summed E-state index contributed by atoms with van der Waals surface area (Å²) < 4.78 is 22.5. The topological polar surface area (TPSA) is 67.0 Å². The predicted octanol–water partition coefficient (Wildman–Crippen LogP) is 0.932. The van der Waals surface area contributed by atoms with E-state index in [0.29, 0.717) is 10.9 Å². The molecule has 78 valence electrons. The van der Waals surface area contributed by atoms with Crippen molar-refractivity contribution in [2.24, 2.45) is 0 Å². The first-order valence-electron chi connectivity index (χ1n) is 4.30. The van der Waals surface area contributed by atoms with Crippen LogP contribution in [0.4, 0.5) is 0 Å². The molecule has 0 aliphatic rings. The number of aromatic nitrogens is 1. The predicted molar refractivity (Wildman–Crippen MR) is 57.7 cm³/mol. The Labute approximate surface area is 86.5 Å². The first kappa shape index (κ1) is 9.92. The van der Waals surface area contributed by atoms with Crippen molar-refractivity contribution in [2.75, 3.05) is 6.26 Å². The van der Waals surface area contributed by atoms with E-state index in [-0.39, 0.29) is 10.5 Å². The van der Waals surface area contributed by atoms with Crippen LogP contribution in [0.1, 0.15) is 0 Å². The van der Waals surface area contributed by atoms with Crippen molar-refractivity contribution in [3.63, 3.8) is 0 Å². The summed E-state index contributed by atoms with van der Waals surface area (Å²) in [6, 6.07) is 7.58. The molecule has 0 aliphatic carbocycles. The standard InChI is InChI=1S/C10H9NO3S/c1-15(13,14)8-3-4-9-7(6-8)2-5-10(12)11-9/h2-6H,1H3,(H,11,12). The van der Waals surface area contributed by atoms with E-state index in [9.17, 15) is 13.2 Å². The van der Waals surface area contributed by atoms with Crippen molar-refractivity contribution >= 4 is 20.7 Å². The summed E-state index contributed by atoms with van der Waals surface area (Å²) in [5.74, 6) is 0. The van der Waals surface area contributed by atoms with Gasteiger partial charge in [0.15, 0.2) is 9.84 Å². The van der Waals surface area contributed by atoms with Crippen LogP contribution in [0.3, 0.4) is 0 Å². The third-order valence-electron chi connectivity index (χ3n) is 2.12. The lowest BCUT2D eigenvalue weighted by Gasteiger charge is -2.00. The first-order valence-corrected chi connectivity index (χ1v) is 6.19. The fourth-order valence-corrected chi connectivity index (χ4v) is 2.02. The van der Waals surface area contributed by atoms with E-state index in [2.05, 4.69) is 4.98 Å². The average molecular weight is 223 g/mol. The SMILES string of the molecule is CS(=O)(=O)c1ccc2[nH]c(=O)ccc2c1. The van der Waals surface area contributed by atoms with Gasteiger partial charge in [-0.15, -0.1) is 0 Å². The Morgan fingerprint density at radius 2 is 1.87 bits per heavy atom. The molecule has 0 aliphatic heterocycles. The Bertz CT molecular complexity index is 670. The van der Waals surface area contributed by atoms with Crippen LogP contribution < -0.4 is 5.56 Å². The van der Waals surface area contributed by atoms with Crippen LogP contribution in [-0.2, 0) is 9.84 Å². The van der Waals surface area contributed by atoms with Crippen molar-refractivity contribution < 1.29 is 8.42 Å². The number of benzene rings is 1. The number of sulfone groups is 1. The fraction of sp³-hybridized carbons (Fsp3) is 0.100. The van der Waals surface area contributed by atoms with E-state index in [4.69, 9.17) is 0 Å². The lowest BCUT2D eigenvalue weighted by Crippen LogP contribution is -2.03. The monoisotopic (exact) mass is 223 g/mol. The summed E-state index contributed by atoms with van der Waals surface area (Å²) in [7, 11) is -3.20. The number of rotatable bonds is 1. The minimum atomic E-state index is -3.20. The summed E-state index contributed by atoms with van der Waals surface area (Å²) >= 11 is 0. The number of H-pyrrole nitrogens is 1. The molecule has 0 radical (unpaired) electrons. The van der Waals surface area contributed by atoms with Gasteiger partial charge in [-0.05, 0) is 29.7 Å². The highest BCUT2D eigenvalue weighted by Crippen LogP contribution is 2.15. The molecule has 2 aromatic rings. The summed E-state index contributed by atoms with van der Waals surface area (Å²) in [5.41, 5.74) is 0.435. The van der Waals surface area contributed by atoms with E-state index < -0.39 is 9.84 Å². The molecule has 0 amide bonds. The summed E-state index contributed by atoms with van der Waals surface area (Å²) in [6.45, 7) is 0. The van der Waals surface area contributed by atoms with E-state index in [1.807, 2.05) is 0 Å². The lowest BCUT2D eigenvalue weighted by atomic mass is 10.2. The number of hydrogen-bond donors (Lipinski definition) is 1. The molecule has 1 N–H and O–H groups in total. The Balaban J connectivity index is 2.78. The molecular formula is C10H9NO3S. The maximum atomic E-state index is 11.3. The van der Waals surface area contributed by atoms with Crippen LogP contribution in [-0.4, -0.2) is 19.7 Å². The molecule has 0 saturated carbocycles. The van der Waals surface area contributed by atoms with Gasteiger partial charge in [0.1, 0.15) is 0 Å². The third kappa shape index (κ3) is 1.92. The van der Waals surface area contributed by atoms with Crippen molar-refractivity contribution in [3.05, 3.63) is 40.7 Å². The van der Waals surface area contributed by atoms with Gasteiger partial charge in [-0.2, -0.15) is 0 Å². The molecule has 4 nitrogen and oxygen atoms in total. The maximum Gasteiger partial charge on any atom is 0.248 e. The summed E-state index contributed by atoms with van der Waals surface area (Å²) in [6.07, 6.45) is 1.15. The van der Waals surface area contributed by atoms with E-state index in [1.54, 1.807) is 18.2 Å². The summed E-state index contributed by atoms with van der Waals surface area (Å²) in [4.78, 5) is 13.9.